The molecule has 0 aliphatic heterocycles. The van der Waals surface area contributed by atoms with Gasteiger partial charge in [0.2, 0.25) is 0 Å². The molecule has 0 saturated heterocycles. The largest absolute Gasteiger partial charge is 0.481 e. The van der Waals surface area contributed by atoms with Crippen molar-refractivity contribution in [2.24, 2.45) is 11.8 Å². The average Bonchev–Trinajstić information content (AvgIpc) is 2.19. The zero-order valence-electron chi connectivity index (χ0n) is 9.48. The third-order valence-electron chi connectivity index (χ3n) is 2.38. The first-order valence-corrected chi connectivity index (χ1v) is 5.70. The molecule has 0 amide bonds. The van der Waals surface area contributed by atoms with E-state index in [1.807, 2.05) is 19.9 Å². The molecule has 88 valence electrons. The van der Waals surface area contributed by atoms with Gasteiger partial charge in [-0.25, -0.2) is 4.98 Å². The molecular weight excluding hydrogens is 226 g/mol. The molecule has 1 heterocycles. The van der Waals surface area contributed by atoms with Crippen LogP contribution < -0.4 is 0 Å². The molecule has 0 fully saturated rings. The number of hydrogen-bond acceptors (Lipinski definition) is 2. The van der Waals surface area contributed by atoms with E-state index in [0.29, 0.717) is 23.9 Å². The summed E-state index contributed by atoms with van der Waals surface area (Å²) in [7, 11) is 0. The van der Waals surface area contributed by atoms with Gasteiger partial charge in [-0.15, -0.1) is 0 Å². The summed E-state index contributed by atoms with van der Waals surface area (Å²) in [5.41, 5.74) is 0.914. The maximum absolute atomic E-state index is 11.1. The average molecular weight is 242 g/mol. The number of aromatic nitrogens is 1. The smallest absolute Gasteiger partial charge is 0.306 e. The van der Waals surface area contributed by atoms with Crippen LogP contribution >= 0.6 is 11.6 Å². The second-order valence-electron chi connectivity index (χ2n) is 4.36. The third-order valence-corrected chi connectivity index (χ3v) is 2.60. The second-order valence-corrected chi connectivity index (χ2v) is 4.75. The van der Waals surface area contributed by atoms with Crippen molar-refractivity contribution in [1.82, 2.24) is 4.98 Å². The minimum absolute atomic E-state index is 0.344. The summed E-state index contributed by atoms with van der Waals surface area (Å²) >= 11 is 5.67. The minimum Gasteiger partial charge on any atom is -0.481 e. The SMILES string of the molecule is CC(C)CC(Cc1ccc(Cl)nc1)C(=O)O. The van der Waals surface area contributed by atoms with Crippen LogP contribution in [-0.4, -0.2) is 16.1 Å². The monoisotopic (exact) mass is 241 g/mol. The molecule has 1 unspecified atom stereocenters. The van der Waals surface area contributed by atoms with Crippen molar-refractivity contribution in [3.05, 3.63) is 29.0 Å². The molecule has 0 aliphatic carbocycles. The molecule has 0 aromatic carbocycles. The molecule has 0 saturated carbocycles. The number of carbonyl (C=O) groups is 1. The topological polar surface area (TPSA) is 50.2 Å². The number of carboxylic acid groups (broad SMARTS) is 1. The maximum Gasteiger partial charge on any atom is 0.306 e. The Hall–Kier alpha value is -1.09. The van der Waals surface area contributed by atoms with Crippen LogP contribution in [0.3, 0.4) is 0 Å². The summed E-state index contributed by atoms with van der Waals surface area (Å²) in [5.74, 6) is -0.715. The third kappa shape index (κ3) is 4.19. The predicted octanol–water partition coefficient (Wildman–Crippen LogP) is 3.02. The van der Waals surface area contributed by atoms with E-state index in [9.17, 15) is 4.79 Å². The van der Waals surface area contributed by atoms with Crippen molar-refractivity contribution in [1.29, 1.82) is 0 Å². The van der Waals surface area contributed by atoms with E-state index < -0.39 is 5.97 Å². The lowest BCUT2D eigenvalue weighted by Gasteiger charge is -2.14. The number of nitrogens with zero attached hydrogens (tertiary/aromatic N) is 1. The molecule has 1 atom stereocenters. The van der Waals surface area contributed by atoms with Gasteiger partial charge in [0.05, 0.1) is 5.92 Å². The Morgan fingerprint density at radius 3 is 2.62 bits per heavy atom. The fourth-order valence-electron chi connectivity index (χ4n) is 1.65. The Kier molecular flexibility index (Phi) is 4.74. The van der Waals surface area contributed by atoms with E-state index in [-0.39, 0.29) is 5.92 Å². The molecule has 1 aromatic heterocycles. The van der Waals surface area contributed by atoms with Crippen molar-refractivity contribution in [3.63, 3.8) is 0 Å². The fourth-order valence-corrected chi connectivity index (χ4v) is 1.76. The van der Waals surface area contributed by atoms with Crippen LogP contribution in [0.5, 0.6) is 0 Å². The highest BCUT2D eigenvalue weighted by Crippen LogP contribution is 2.18. The van der Waals surface area contributed by atoms with E-state index in [0.717, 1.165) is 5.56 Å². The van der Waals surface area contributed by atoms with Gasteiger partial charge in [0.1, 0.15) is 5.15 Å². The van der Waals surface area contributed by atoms with E-state index in [1.54, 1.807) is 12.3 Å². The Morgan fingerprint density at radius 2 is 2.19 bits per heavy atom. The van der Waals surface area contributed by atoms with Crippen molar-refractivity contribution in [3.8, 4) is 0 Å². The quantitative estimate of drug-likeness (QED) is 0.807. The zero-order chi connectivity index (χ0) is 12.1. The molecule has 4 heteroatoms. The van der Waals surface area contributed by atoms with E-state index in [2.05, 4.69) is 4.98 Å². The van der Waals surface area contributed by atoms with Crippen molar-refractivity contribution >= 4 is 17.6 Å². The van der Waals surface area contributed by atoms with Gasteiger partial charge >= 0.3 is 5.97 Å². The summed E-state index contributed by atoms with van der Waals surface area (Å²) in [5, 5.41) is 9.52. The lowest BCUT2D eigenvalue weighted by Crippen LogP contribution is -2.18. The number of rotatable bonds is 5. The first-order valence-electron chi connectivity index (χ1n) is 5.32. The number of pyridine rings is 1. The van der Waals surface area contributed by atoms with Crippen LogP contribution in [0.1, 0.15) is 25.8 Å². The maximum atomic E-state index is 11.1. The van der Waals surface area contributed by atoms with Crippen LogP contribution in [0, 0.1) is 11.8 Å². The number of carboxylic acids is 1. The highest BCUT2D eigenvalue weighted by Gasteiger charge is 2.19. The highest BCUT2D eigenvalue weighted by atomic mass is 35.5. The highest BCUT2D eigenvalue weighted by molar-refractivity contribution is 6.29. The first-order chi connectivity index (χ1) is 7.49. The Bertz CT molecular complexity index is 349. The van der Waals surface area contributed by atoms with Gasteiger partial charge in [-0.1, -0.05) is 31.5 Å². The second kappa shape index (κ2) is 5.85. The molecule has 0 bridgehead atoms. The molecule has 1 N–H and O–H groups in total. The van der Waals surface area contributed by atoms with E-state index in [1.165, 1.54) is 0 Å². The van der Waals surface area contributed by atoms with Crippen molar-refractivity contribution in [2.45, 2.75) is 26.7 Å². The van der Waals surface area contributed by atoms with Gasteiger partial charge in [0.25, 0.3) is 0 Å². The number of hydrogen-bond donors (Lipinski definition) is 1. The van der Waals surface area contributed by atoms with E-state index in [4.69, 9.17) is 16.7 Å². The molecule has 1 rings (SSSR count). The number of halogens is 1. The lowest BCUT2D eigenvalue weighted by atomic mass is 9.92. The Balaban J connectivity index is 2.68. The normalized spacial score (nSPS) is 12.8. The van der Waals surface area contributed by atoms with E-state index >= 15 is 0 Å². The van der Waals surface area contributed by atoms with Crippen LogP contribution in [0.4, 0.5) is 0 Å². The standard InChI is InChI=1S/C12H16ClNO2/c1-8(2)5-10(12(15)16)6-9-3-4-11(13)14-7-9/h3-4,7-8,10H,5-6H2,1-2H3,(H,15,16). The van der Waals surface area contributed by atoms with Gasteiger partial charge in [-0.2, -0.15) is 0 Å². The minimum atomic E-state index is -0.747. The molecular formula is C12H16ClNO2. The van der Waals surface area contributed by atoms with Crippen LogP contribution in [0.2, 0.25) is 5.15 Å². The Labute approximate surface area is 100 Å². The molecule has 0 spiro atoms. The fraction of sp³-hybridized carbons (Fsp3) is 0.500. The van der Waals surface area contributed by atoms with Crippen molar-refractivity contribution < 1.29 is 9.90 Å². The summed E-state index contributed by atoms with van der Waals surface area (Å²) < 4.78 is 0. The van der Waals surface area contributed by atoms with Gasteiger partial charge < -0.3 is 5.11 Å². The number of aliphatic carboxylic acids is 1. The van der Waals surface area contributed by atoms with Crippen LogP contribution in [0.25, 0.3) is 0 Å². The van der Waals surface area contributed by atoms with Gasteiger partial charge in [-0.3, -0.25) is 4.79 Å². The summed E-state index contributed by atoms with van der Waals surface area (Å²) in [6, 6.07) is 3.51. The molecule has 1 aromatic rings. The van der Waals surface area contributed by atoms with Crippen molar-refractivity contribution in [2.75, 3.05) is 0 Å². The van der Waals surface area contributed by atoms with Crippen LogP contribution in [0.15, 0.2) is 18.3 Å². The van der Waals surface area contributed by atoms with Gasteiger partial charge in [0, 0.05) is 6.20 Å². The molecule has 0 radical (unpaired) electrons. The first kappa shape index (κ1) is 13.0. The lowest BCUT2D eigenvalue weighted by molar-refractivity contribution is -0.142. The van der Waals surface area contributed by atoms with Gasteiger partial charge in [0.15, 0.2) is 0 Å². The molecule has 16 heavy (non-hydrogen) atoms. The summed E-state index contributed by atoms with van der Waals surface area (Å²) in [6.45, 7) is 4.05. The predicted molar refractivity (Wildman–Crippen MR) is 63.5 cm³/mol. The Morgan fingerprint density at radius 1 is 1.50 bits per heavy atom. The summed E-state index contributed by atoms with van der Waals surface area (Å²) in [6.07, 6.45) is 2.83. The van der Waals surface area contributed by atoms with Gasteiger partial charge in [-0.05, 0) is 30.4 Å². The summed E-state index contributed by atoms with van der Waals surface area (Å²) in [4.78, 5) is 15.0. The zero-order valence-corrected chi connectivity index (χ0v) is 10.2. The molecule has 0 aliphatic rings. The van der Waals surface area contributed by atoms with Crippen LogP contribution in [-0.2, 0) is 11.2 Å². The molecule has 3 nitrogen and oxygen atoms in total.